The SMILES string of the molecule is CCCCNC(=O)C(CC)N(Cc1ccc(C)cc1)C(=O)COc1ccc(CC)cc1. The Labute approximate surface area is 186 Å². The van der Waals surface area contributed by atoms with Crippen molar-refractivity contribution in [3.8, 4) is 5.75 Å². The molecule has 1 atom stereocenters. The molecule has 2 amide bonds. The van der Waals surface area contributed by atoms with Gasteiger partial charge in [-0.1, -0.05) is 69.2 Å². The van der Waals surface area contributed by atoms with Crippen LogP contribution in [0, 0.1) is 6.92 Å². The Kier molecular flexibility index (Phi) is 10.1. The monoisotopic (exact) mass is 424 g/mol. The number of ether oxygens (including phenoxy) is 1. The maximum absolute atomic E-state index is 13.2. The standard InChI is InChI=1S/C26H36N2O3/c1-5-8-17-27-26(30)24(7-3)28(18-22-11-9-20(4)10-12-22)25(29)19-31-23-15-13-21(6-2)14-16-23/h9-16,24H,5-8,17-19H2,1-4H3,(H,27,30). The second kappa shape index (κ2) is 12.8. The van der Waals surface area contributed by atoms with Crippen LogP contribution >= 0.6 is 0 Å². The molecule has 31 heavy (non-hydrogen) atoms. The predicted molar refractivity (Wildman–Crippen MR) is 125 cm³/mol. The molecule has 0 radical (unpaired) electrons. The molecule has 0 aliphatic heterocycles. The van der Waals surface area contributed by atoms with Crippen LogP contribution in [-0.4, -0.2) is 35.9 Å². The molecule has 0 fully saturated rings. The fourth-order valence-electron chi connectivity index (χ4n) is 3.37. The normalized spacial score (nSPS) is 11.6. The molecule has 1 unspecified atom stereocenters. The van der Waals surface area contributed by atoms with E-state index in [4.69, 9.17) is 4.74 Å². The van der Waals surface area contributed by atoms with E-state index in [0.717, 1.165) is 30.4 Å². The smallest absolute Gasteiger partial charge is 0.261 e. The highest BCUT2D eigenvalue weighted by Crippen LogP contribution is 2.16. The largest absolute Gasteiger partial charge is 0.484 e. The van der Waals surface area contributed by atoms with Gasteiger partial charge in [0.25, 0.3) is 5.91 Å². The molecule has 0 aliphatic rings. The van der Waals surface area contributed by atoms with E-state index < -0.39 is 6.04 Å². The Morgan fingerprint density at radius 2 is 1.61 bits per heavy atom. The maximum atomic E-state index is 13.2. The summed E-state index contributed by atoms with van der Waals surface area (Å²) in [6, 6.07) is 15.3. The summed E-state index contributed by atoms with van der Waals surface area (Å²) in [7, 11) is 0. The summed E-state index contributed by atoms with van der Waals surface area (Å²) in [5.74, 6) is 0.350. The summed E-state index contributed by atoms with van der Waals surface area (Å²) < 4.78 is 5.76. The van der Waals surface area contributed by atoms with Gasteiger partial charge in [0.1, 0.15) is 11.8 Å². The van der Waals surface area contributed by atoms with Crippen LogP contribution in [0.25, 0.3) is 0 Å². The molecule has 1 N–H and O–H groups in total. The fraction of sp³-hybridized carbons (Fsp3) is 0.462. The number of benzene rings is 2. The first-order chi connectivity index (χ1) is 15.0. The van der Waals surface area contributed by atoms with Gasteiger partial charge in [0.2, 0.25) is 5.91 Å². The third-order valence-electron chi connectivity index (χ3n) is 5.38. The highest BCUT2D eigenvalue weighted by Gasteiger charge is 2.28. The first-order valence-electron chi connectivity index (χ1n) is 11.3. The zero-order valence-corrected chi connectivity index (χ0v) is 19.3. The van der Waals surface area contributed by atoms with E-state index in [2.05, 4.69) is 19.2 Å². The zero-order valence-electron chi connectivity index (χ0n) is 19.3. The number of carbonyl (C=O) groups is 2. The van der Waals surface area contributed by atoms with E-state index in [0.29, 0.717) is 25.3 Å². The van der Waals surface area contributed by atoms with Crippen LogP contribution in [0.4, 0.5) is 0 Å². The number of rotatable bonds is 12. The molecule has 2 aromatic carbocycles. The van der Waals surface area contributed by atoms with Crippen molar-refractivity contribution >= 4 is 11.8 Å². The minimum absolute atomic E-state index is 0.101. The lowest BCUT2D eigenvalue weighted by Crippen LogP contribution is -2.50. The van der Waals surface area contributed by atoms with Gasteiger partial charge in [-0.3, -0.25) is 9.59 Å². The second-order valence-corrected chi connectivity index (χ2v) is 7.86. The minimum Gasteiger partial charge on any atom is -0.484 e. The maximum Gasteiger partial charge on any atom is 0.261 e. The van der Waals surface area contributed by atoms with Gasteiger partial charge < -0.3 is 15.0 Å². The molecule has 0 spiro atoms. The second-order valence-electron chi connectivity index (χ2n) is 7.86. The van der Waals surface area contributed by atoms with Crippen molar-refractivity contribution in [2.75, 3.05) is 13.2 Å². The molecule has 2 aromatic rings. The Morgan fingerprint density at radius 1 is 0.968 bits per heavy atom. The quantitative estimate of drug-likeness (QED) is 0.504. The molecule has 2 rings (SSSR count). The van der Waals surface area contributed by atoms with Crippen molar-refractivity contribution in [2.24, 2.45) is 0 Å². The Bertz CT molecular complexity index is 816. The molecular formula is C26H36N2O3. The molecular weight excluding hydrogens is 388 g/mol. The molecule has 0 saturated heterocycles. The van der Waals surface area contributed by atoms with Gasteiger partial charge in [-0.25, -0.2) is 0 Å². The lowest BCUT2D eigenvalue weighted by Gasteiger charge is -2.30. The van der Waals surface area contributed by atoms with Gasteiger partial charge in [-0.15, -0.1) is 0 Å². The van der Waals surface area contributed by atoms with Crippen molar-refractivity contribution in [2.45, 2.75) is 66.0 Å². The topological polar surface area (TPSA) is 58.6 Å². The molecule has 5 nitrogen and oxygen atoms in total. The first-order valence-corrected chi connectivity index (χ1v) is 11.3. The number of nitrogens with one attached hydrogen (secondary N) is 1. The number of unbranched alkanes of at least 4 members (excludes halogenated alkanes) is 1. The first kappa shape index (κ1) is 24.4. The Morgan fingerprint density at radius 3 is 2.19 bits per heavy atom. The molecule has 0 aromatic heterocycles. The minimum atomic E-state index is -0.531. The van der Waals surface area contributed by atoms with Gasteiger partial charge >= 0.3 is 0 Å². The third kappa shape index (κ3) is 7.74. The molecule has 0 aliphatic carbocycles. The average Bonchev–Trinajstić information content (AvgIpc) is 2.79. The number of aryl methyl sites for hydroxylation is 2. The van der Waals surface area contributed by atoms with Gasteiger partial charge in [-0.2, -0.15) is 0 Å². The Hall–Kier alpha value is -2.82. The van der Waals surface area contributed by atoms with Crippen molar-refractivity contribution in [3.63, 3.8) is 0 Å². The molecule has 168 valence electrons. The van der Waals surface area contributed by atoms with Crippen molar-refractivity contribution in [1.29, 1.82) is 0 Å². The highest BCUT2D eigenvalue weighted by molar-refractivity contribution is 5.88. The highest BCUT2D eigenvalue weighted by atomic mass is 16.5. The van der Waals surface area contributed by atoms with E-state index in [1.165, 1.54) is 5.56 Å². The van der Waals surface area contributed by atoms with Crippen molar-refractivity contribution in [3.05, 3.63) is 65.2 Å². The molecule has 0 bridgehead atoms. The van der Waals surface area contributed by atoms with Gasteiger partial charge in [0, 0.05) is 13.1 Å². The number of hydrogen-bond donors (Lipinski definition) is 1. The van der Waals surface area contributed by atoms with Crippen LogP contribution in [0.3, 0.4) is 0 Å². The van der Waals surface area contributed by atoms with Crippen LogP contribution in [0.15, 0.2) is 48.5 Å². The lowest BCUT2D eigenvalue weighted by molar-refractivity contribution is -0.143. The summed E-state index contributed by atoms with van der Waals surface area (Å²) in [5.41, 5.74) is 3.37. The lowest BCUT2D eigenvalue weighted by atomic mass is 10.1. The van der Waals surface area contributed by atoms with Crippen molar-refractivity contribution < 1.29 is 14.3 Å². The van der Waals surface area contributed by atoms with Crippen LogP contribution in [-0.2, 0) is 22.6 Å². The summed E-state index contributed by atoms with van der Waals surface area (Å²) in [6.45, 7) is 9.04. The predicted octanol–water partition coefficient (Wildman–Crippen LogP) is 4.66. The van der Waals surface area contributed by atoms with E-state index in [9.17, 15) is 9.59 Å². The number of amides is 2. The summed E-state index contributed by atoms with van der Waals surface area (Å²) >= 11 is 0. The average molecular weight is 425 g/mol. The van der Waals surface area contributed by atoms with Crippen LogP contribution in [0.5, 0.6) is 5.75 Å². The molecule has 5 heteroatoms. The van der Waals surface area contributed by atoms with E-state index >= 15 is 0 Å². The third-order valence-corrected chi connectivity index (χ3v) is 5.38. The van der Waals surface area contributed by atoms with Gasteiger partial charge in [-0.05, 0) is 49.4 Å². The van der Waals surface area contributed by atoms with Gasteiger partial charge in [0.15, 0.2) is 6.61 Å². The summed E-state index contributed by atoms with van der Waals surface area (Å²) in [5, 5.41) is 2.98. The van der Waals surface area contributed by atoms with Crippen LogP contribution < -0.4 is 10.1 Å². The van der Waals surface area contributed by atoms with Crippen molar-refractivity contribution in [1.82, 2.24) is 10.2 Å². The molecule has 0 heterocycles. The Balaban J connectivity index is 2.14. The fourth-order valence-corrected chi connectivity index (χ4v) is 3.37. The van der Waals surface area contributed by atoms with Crippen LogP contribution in [0.1, 0.15) is 56.7 Å². The number of nitrogens with zero attached hydrogens (tertiary/aromatic N) is 1. The number of carbonyl (C=O) groups excluding carboxylic acids is 2. The number of hydrogen-bond acceptors (Lipinski definition) is 3. The van der Waals surface area contributed by atoms with E-state index in [1.807, 2.05) is 62.4 Å². The molecule has 0 saturated carbocycles. The van der Waals surface area contributed by atoms with Crippen LogP contribution in [0.2, 0.25) is 0 Å². The van der Waals surface area contributed by atoms with Gasteiger partial charge in [0.05, 0.1) is 0 Å². The summed E-state index contributed by atoms with van der Waals surface area (Å²) in [4.78, 5) is 27.7. The van der Waals surface area contributed by atoms with E-state index in [1.54, 1.807) is 4.90 Å². The van der Waals surface area contributed by atoms with E-state index in [-0.39, 0.29) is 18.4 Å². The summed E-state index contributed by atoms with van der Waals surface area (Å²) in [6.07, 6.45) is 3.42. The zero-order chi connectivity index (χ0) is 22.6.